The maximum Gasteiger partial charge on any atom is 0.0240 e. The Labute approximate surface area is 121 Å². The number of benzene rings is 2. The van der Waals surface area contributed by atoms with Crippen molar-refractivity contribution in [2.45, 2.75) is 13.1 Å². The summed E-state index contributed by atoms with van der Waals surface area (Å²) in [5.74, 6) is 0. The molecular weight excluding hydrogens is 242 g/mol. The summed E-state index contributed by atoms with van der Waals surface area (Å²) in [6, 6.07) is 16.8. The summed E-state index contributed by atoms with van der Waals surface area (Å²) in [5, 5.41) is 0. The van der Waals surface area contributed by atoms with E-state index in [9.17, 15) is 0 Å². The fraction of sp³-hybridized carbons (Fsp3) is 0.158. The summed E-state index contributed by atoms with van der Waals surface area (Å²) < 4.78 is 0. The molecule has 0 heterocycles. The highest BCUT2D eigenvalue weighted by molar-refractivity contribution is 5.52. The maximum atomic E-state index is 3.88. The Morgan fingerprint density at radius 1 is 0.800 bits per heavy atom. The van der Waals surface area contributed by atoms with Gasteiger partial charge in [0.15, 0.2) is 0 Å². The molecule has 0 amide bonds. The van der Waals surface area contributed by atoms with Crippen molar-refractivity contribution < 1.29 is 0 Å². The summed E-state index contributed by atoms with van der Waals surface area (Å²) in [6.07, 6.45) is 3.84. The fourth-order valence-corrected chi connectivity index (χ4v) is 2.39. The topological polar surface area (TPSA) is 3.24 Å². The van der Waals surface area contributed by atoms with Gasteiger partial charge < -0.3 is 0 Å². The predicted molar refractivity (Wildman–Crippen MR) is 88.2 cm³/mol. The van der Waals surface area contributed by atoms with Crippen molar-refractivity contribution in [2.24, 2.45) is 0 Å². The number of hydrogen-bond donors (Lipinski definition) is 0. The SMILES string of the molecule is C=Cc1ccccc1CN(C)Cc1ccccc1C=C. The fourth-order valence-electron chi connectivity index (χ4n) is 2.39. The van der Waals surface area contributed by atoms with E-state index in [-0.39, 0.29) is 0 Å². The summed E-state index contributed by atoms with van der Waals surface area (Å²) >= 11 is 0. The lowest BCUT2D eigenvalue weighted by Gasteiger charge is -2.19. The highest BCUT2D eigenvalue weighted by Gasteiger charge is 2.06. The van der Waals surface area contributed by atoms with E-state index in [0.717, 1.165) is 13.1 Å². The molecule has 0 bridgehead atoms. The van der Waals surface area contributed by atoms with Gasteiger partial charge in [-0.05, 0) is 29.3 Å². The first-order chi connectivity index (χ1) is 9.74. The number of hydrogen-bond acceptors (Lipinski definition) is 1. The molecule has 2 aromatic carbocycles. The Kier molecular flexibility index (Phi) is 4.91. The zero-order valence-corrected chi connectivity index (χ0v) is 12.0. The van der Waals surface area contributed by atoms with Gasteiger partial charge in [0.05, 0.1) is 0 Å². The average Bonchev–Trinajstić information content (AvgIpc) is 2.48. The van der Waals surface area contributed by atoms with E-state index in [1.165, 1.54) is 22.3 Å². The minimum atomic E-state index is 0.910. The van der Waals surface area contributed by atoms with Crippen LogP contribution in [0.4, 0.5) is 0 Å². The standard InChI is InChI=1S/C19H21N/c1-4-16-10-6-8-12-18(16)14-20(3)15-19-13-9-7-11-17(19)5-2/h4-13H,1-2,14-15H2,3H3. The molecule has 0 N–H and O–H groups in total. The van der Waals surface area contributed by atoms with Gasteiger partial charge in [-0.3, -0.25) is 4.90 Å². The maximum absolute atomic E-state index is 3.88. The van der Waals surface area contributed by atoms with E-state index < -0.39 is 0 Å². The zero-order valence-electron chi connectivity index (χ0n) is 12.0. The lowest BCUT2D eigenvalue weighted by atomic mass is 10.1. The van der Waals surface area contributed by atoms with Gasteiger partial charge >= 0.3 is 0 Å². The smallest absolute Gasteiger partial charge is 0.0240 e. The van der Waals surface area contributed by atoms with E-state index in [0.29, 0.717) is 0 Å². The van der Waals surface area contributed by atoms with Crippen LogP contribution in [0.2, 0.25) is 0 Å². The first-order valence-corrected chi connectivity index (χ1v) is 6.84. The Hall–Kier alpha value is -2.12. The molecule has 2 aromatic rings. The molecule has 20 heavy (non-hydrogen) atoms. The molecule has 0 radical (unpaired) electrons. The Morgan fingerprint density at radius 3 is 1.60 bits per heavy atom. The summed E-state index contributed by atoms with van der Waals surface area (Å²) in [7, 11) is 2.14. The van der Waals surface area contributed by atoms with Crippen LogP contribution in [0.1, 0.15) is 22.3 Å². The summed E-state index contributed by atoms with van der Waals surface area (Å²) in [4.78, 5) is 2.31. The van der Waals surface area contributed by atoms with E-state index in [1.54, 1.807) is 0 Å². The second-order valence-corrected chi connectivity index (χ2v) is 4.98. The van der Waals surface area contributed by atoms with Gasteiger partial charge in [-0.1, -0.05) is 73.8 Å². The van der Waals surface area contributed by atoms with Gasteiger partial charge in [0.2, 0.25) is 0 Å². The highest BCUT2D eigenvalue weighted by Crippen LogP contribution is 2.16. The van der Waals surface area contributed by atoms with Crippen LogP contribution in [-0.2, 0) is 13.1 Å². The Morgan fingerprint density at radius 2 is 1.20 bits per heavy atom. The minimum Gasteiger partial charge on any atom is -0.298 e. The van der Waals surface area contributed by atoms with Crippen molar-refractivity contribution >= 4 is 12.2 Å². The number of rotatable bonds is 6. The quantitative estimate of drug-likeness (QED) is 0.736. The molecule has 0 fully saturated rings. The summed E-state index contributed by atoms with van der Waals surface area (Å²) in [6.45, 7) is 9.58. The third-order valence-electron chi connectivity index (χ3n) is 3.43. The second kappa shape index (κ2) is 6.88. The molecule has 0 saturated heterocycles. The van der Waals surface area contributed by atoms with Gasteiger partial charge in [-0.15, -0.1) is 0 Å². The Balaban J connectivity index is 2.11. The third kappa shape index (κ3) is 3.46. The van der Waals surface area contributed by atoms with Crippen LogP contribution < -0.4 is 0 Å². The average molecular weight is 263 g/mol. The zero-order chi connectivity index (χ0) is 14.4. The molecule has 0 aliphatic rings. The van der Waals surface area contributed by atoms with Gasteiger partial charge in [0.25, 0.3) is 0 Å². The molecule has 1 nitrogen and oxygen atoms in total. The monoisotopic (exact) mass is 263 g/mol. The first-order valence-electron chi connectivity index (χ1n) is 6.84. The predicted octanol–water partition coefficient (Wildman–Crippen LogP) is 4.60. The van der Waals surface area contributed by atoms with Gasteiger partial charge in [-0.2, -0.15) is 0 Å². The van der Waals surface area contributed by atoms with Crippen LogP contribution in [0.15, 0.2) is 61.7 Å². The molecular formula is C19H21N. The molecule has 0 aliphatic carbocycles. The Bertz CT molecular complexity index is 545. The molecule has 0 spiro atoms. The van der Waals surface area contributed by atoms with Crippen LogP contribution in [0.3, 0.4) is 0 Å². The molecule has 0 saturated carbocycles. The van der Waals surface area contributed by atoms with Crippen LogP contribution in [0.25, 0.3) is 12.2 Å². The molecule has 2 rings (SSSR count). The van der Waals surface area contributed by atoms with Gasteiger partial charge in [0, 0.05) is 13.1 Å². The molecule has 0 unspecified atom stereocenters. The van der Waals surface area contributed by atoms with Crippen molar-refractivity contribution in [3.8, 4) is 0 Å². The third-order valence-corrected chi connectivity index (χ3v) is 3.43. The van der Waals surface area contributed by atoms with Crippen molar-refractivity contribution in [1.82, 2.24) is 4.90 Å². The highest BCUT2D eigenvalue weighted by atomic mass is 15.1. The van der Waals surface area contributed by atoms with E-state index in [2.05, 4.69) is 61.5 Å². The van der Waals surface area contributed by atoms with E-state index >= 15 is 0 Å². The molecule has 1 heteroatoms. The normalized spacial score (nSPS) is 10.5. The van der Waals surface area contributed by atoms with Crippen LogP contribution >= 0.6 is 0 Å². The molecule has 0 aliphatic heterocycles. The van der Waals surface area contributed by atoms with Crippen molar-refractivity contribution in [3.05, 3.63) is 83.9 Å². The van der Waals surface area contributed by atoms with Gasteiger partial charge in [-0.25, -0.2) is 0 Å². The minimum absolute atomic E-state index is 0.910. The van der Waals surface area contributed by atoms with Gasteiger partial charge in [0.1, 0.15) is 0 Å². The number of nitrogens with zero attached hydrogens (tertiary/aromatic N) is 1. The van der Waals surface area contributed by atoms with E-state index in [1.807, 2.05) is 24.3 Å². The van der Waals surface area contributed by atoms with Crippen molar-refractivity contribution in [2.75, 3.05) is 7.05 Å². The van der Waals surface area contributed by atoms with Crippen molar-refractivity contribution in [1.29, 1.82) is 0 Å². The van der Waals surface area contributed by atoms with Crippen molar-refractivity contribution in [3.63, 3.8) is 0 Å². The lowest BCUT2D eigenvalue weighted by Crippen LogP contribution is -2.18. The van der Waals surface area contributed by atoms with Crippen LogP contribution in [0.5, 0.6) is 0 Å². The van der Waals surface area contributed by atoms with Crippen LogP contribution in [-0.4, -0.2) is 11.9 Å². The van der Waals surface area contributed by atoms with Crippen LogP contribution in [0, 0.1) is 0 Å². The molecule has 0 atom stereocenters. The lowest BCUT2D eigenvalue weighted by molar-refractivity contribution is 0.318. The summed E-state index contributed by atoms with van der Waals surface area (Å²) in [5.41, 5.74) is 5.02. The molecule has 102 valence electrons. The van der Waals surface area contributed by atoms with E-state index in [4.69, 9.17) is 0 Å². The second-order valence-electron chi connectivity index (χ2n) is 4.98. The largest absolute Gasteiger partial charge is 0.298 e. The molecule has 0 aromatic heterocycles. The first kappa shape index (κ1) is 14.3.